The molecule has 1 aromatic heterocycles. The lowest BCUT2D eigenvalue weighted by atomic mass is 9.96. The van der Waals surface area contributed by atoms with Crippen molar-refractivity contribution in [1.82, 2.24) is 0 Å². The summed E-state index contributed by atoms with van der Waals surface area (Å²) in [5.41, 5.74) is 0. The van der Waals surface area contributed by atoms with Crippen molar-refractivity contribution in [3.05, 3.63) is 47.2 Å². The maximum Gasteiger partial charge on any atom is 0.161 e. The van der Waals surface area contributed by atoms with E-state index in [2.05, 4.69) is 47.2 Å². The van der Waals surface area contributed by atoms with Crippen molar-refractivity contribution in [3.63, 3.8) is 0 Å². The summed E-state index contributed by atoms with van der Waals surface area (Å²) in [7, 11) is 3.35. The molecule has 0 amide bonds. The van der Waals surface area contributed by atoms with Gasteiger partial charge in [0.1, 0.15) is 0 Å². The SMILES string of the molecule is COc1cc2c3ccccc3c3cscc3c2cc1OC. The molecule has 0 radical (unpaired) electrons. The average molecular weight is 294 g/mol. The van der Waals surface area contributed by atoms with E-state index in [0.717, 1.165) is 11.5 Å². The van der Waals surface area contributed by atoms with E-state index in [0.29, 0.717) is 0 Å². The van der Waals surface area contributed by atoms with Gasteiger partial charge in [-0.25, -0.2) is 0 Å². The normalized spacial score (nSPS) is 11.3. The first-order valence-electron chi connectivity index (χ1n) is 6.76. The topological polar surface area (TPSA) is 18.5 Å². The zero-order valence-corrected chi connectivity index (χ0v) is 12.7. The van der Waals surface area contributed by atoms with Crippen molar-refractivity contribution in [2.24, 2.45) is 0 Å². The summed E-state index contributed by atoms with van der Waals surface area (Å²) < 4.78 is 10.9. The van der Waals surface area contributed by atoms with Gasteiger partial charge < -0.3 is 9.47 Å². The molecule has 4 aromatic rings. The number of benzene rings is 3. The first-order chi connectivity index (χ1) is 10.3. The van der Waals surface area contributed by atoms with Crippen molar-refractivity contribution in [1.29, 1.82) is 0 Å². The lowest BCUT2D eigenvalue weighted by Crippen LogP contribution is -1.91. The van der Waals surface area contributed by atoms with Crippen LogP contribution in [-0.4, -0.2) is 14.2 Å². The quantitative estimate of drug-likeness (QED) is 0.472. The molecule has 2 nitrogen and oxygen atoms in total. The van der Waals surface area contributed by atoms with Crippen LogP contribution >= 0.6 is 11.3 Å². The van der Waals surface area contributed by atoms with E-state index < -0.39 is 0 Å². The van der Waals surface area contributed by atoms with Gasteiger partial charge in [-0.3, -0.25) is 0 Å². The highest BCUT2D eigenvalue weighted by molar-refractivity contribution is 7.09. The number of thiophene rings is 1. The van der Waals surface area contributed by atoms with Crippen LogP contribution in [-0.2, 0) is 0 Å². The third kappa shape index (κ3) is 1.71. The van der Waals surface area contributed by atoms with Crippen LogP contribution in [0.2, 0.25) is 0 Å². The predicted molar refractivity (Wildman–Crippen MR) is 89.9 cm³/mol. The third-order valence-corrected chi connectivity index (χ3v) is 4.73. The maximum atomic E-state index is 5.46. The molecule has 0 aliphatic carbocycles. The standard InChI is InChI=1S/C18H14O2S/c1-19-17-7-13-11-5-3-4-6-12(11)15-9-21-10-16(15)14(13)8-18(17)20-2/h3-10H,1-2H3. The molecule has 3 aromatic carbocycles. The summed E-state index contributed by atoms with van der Waals surface area (Å²) in [5.74, 6) is 1.54. The fourth-order valence-electron chi connectivity index (χ4n) is 2.99. The first-order valence-corrected chi connectivity index (χ1v) is 7.70. The van der Waals surface area contributed by atoms with Crippen LogP contribution in [0.5, 0.6) is 11.5 Å². The molecule has 4 rings (SSSR count). The van der Waals surface area contributed by atoms with Gasteiger partial charge in [0.15, 0.2) is 11.5 Å². The van der Waals surface area contributed by atoms with E-state index in [1.54, 1.807) is 25.6 Å². The molecule has 0 saturated carbocycles. The van der Waals surface area contributed by atoms with Crippen LogP contribution in [0.4, 0.5) is 0 Å². The summed E-state index contributed by atoms with van der Waals surface area (Å²) in [6.45, 7) is 0. The Morgan fingerprint density at radius 1 is 0.667 bits per heavy atom. The van der Waals surface area contributed by atoms with Gasteiger partial charge in [-0.15, -0.1) is 0 Å². The highest BCUT2D eigenvalue weighted by Gasteiger charge is 2.13. The number of fused-ring (bicyclic) bond motifs is 6. The predicted octanol–water partition coefficient (Wildman–Crippen LogP) is 5.22. The molecule has 21 heavy (non-hydrogen) atoms. The summed E-state index contributed by atoms with van der Waals surface area (Å²) in [6, 6.07) is 12.7. The Labute approximate surface area is 126 Å². The van der Waals surface area contributed by atoms with Crippen molar-refractivity contribution in [2.75, 3.05) is 14.2 Å². The Morgan fingerprint density at radius 2 is 1.14 bits per heavy atom. The molecule has 0 atom stereocenters. The van der Waals surface area contributed by atoms with Crippen molar-refractivity contribution < 1.29 is 9.47 Å². The Kier molecular flexibility index (Phi) is 2.76. The number of ether oxygens (including phenoxy) is 2. The minimum absolute atomic E-state index is 0.768. The summed E-state index contributed by atoms with van der Waals surface area (Å²) >= 11 is 1.73. The molecule has 0 fully saturated rings. The lowest BCUT2D eigenvalue weighted by Gasteiger charge is -2.12. The van der Waals surface area contributed by atoms with Crippen molar-refractivity contribution in [3.8, 4) is 11.5 Å². The van der Waals surface area contributed by atoms with E-state index >= 15 is 0 Å². The van der Waals surface area contributed by atoms with E-state index in [4.69, 9.17) is 9.47 Å². The second kappa shape index (κ2) is 4.64. The zero-order chi connectivity index (χ0) is 14.4. The maximum absolute atomic E-state index is 5.46. The van der Waals surface area contributed by atoms with Crippen LogP contribution in [0.25, 0.3) is 32.3 Å². The Morgan fingerprint density at radius 3 is 1.71 bits per heavy atom. The first kappa shape index (κ1) is 12.5. The second-order valence-corrected chi connectivity index (χ2v) is 5.74. The minimum atomic E-state index is 0.768. The molecule has 0 unspecified atom stereocenters. The van der Waals surface area contributed by atoms with E-state index in [-0.39, 0.29) is 0 Å². The molecule has 0 aliphatic heterocycles. The second-order valence-electron chi connectivity index (χ2n) is 5.00. The largest absolute Gasteiger partial charge is 0.493 e. The van der Waals surface area contributed by atoms with E-state index in [1.165, 1.54) is 32.3 Å². The molecule has 0 N–H and O–H groups in total. The van der Waals surface area contributed by atoms with Crippen LogP contribution in [0.1, 0.15) is 0 Å². The summed E-state index contributed by atoms with van der Waals surface area (Å²) in [4.78, 5) is 0. The Hall–Kier alpha value is -2.26. The minimum Gasteiger partial charge on any atom is -0.493 e. The Bertz CT molecular complexity index is 969. The lowest BCUT2D eigenvalue weighted by molar-refractivity contribution is 0.356. The van der Waals surface area contributed by atoms with Gasteiger partial charge in [0.25, 0.3) is 0 Å². The van der Waals surface area contributed by atoms with Gasteiger partial charge in [-0.05, 0) is 44.4 Å². The summed E-state index contributed by atoms with van der Waals surface area (Å²) in [5, 5.41) is 11.9. The van der Waals surface area contributed by atoms with Gasteiger partial charge in [-0.1, -0.05) is 24.3 Å². The highest BCUT2D eigenvalue weighted by atomic mass is 32.1. The van der Waals surface area contributed by atoms with Crippen molar-refractivity contribution >= 4 is 43.7 Å². The van der Waals surface area contributed by atoms with Crippen LogP contribution in [0, 0.1) is 0 Å². The molecular formula is C18H14O2S. The average Bonchev–Trinajstić information content (AvgIpc) is 3.03. The molecule has 104 valence electrons. The molecule has 1 heterocycles. The van der Waals surface area contributed by atoms with E-state index in [9.17, 15) is 0 Å². The molecule has 0 spiro atoms. The molecule has 0 aliphatic rings. The number of hydrogen-bond acceptors (Lipinski definition) is 3. The van der Waals surface area contributed by atoms with E-state index in [1.807, 2.05) is 0 Å². The van der Waals surface area contributed by atoms with Crippen LogP contribution in [0.15, 0.2) is 47.2 Å². The van der Waals surface area contributed by atoms with Crippen molar-refractivity contribution in [2.45, 2.75) is 0 Å². The molecule has 0 bridgehead atoms. The van der Waals surface area contributed by atoms with Crippen LogP contribution in [0.3, 0.4) is 0 Å². The van der Waals surface area contributed by atoms with Gasteiger partial charge >= 0.3 is 0 Å². The highest BCUT2D eigenvalue weighted by Crippen LogP contribution is 2.41. The number of rotatable bonds is 2. The van der Waals surface area contributed by atoms with Gasteiger partial charge in [-0.2, -0.15) is 11.3 Å². The summed E-state index contributed by atoms with van der Waals surface area (Å²) in [6.07, 6.45) is 0. The van der Waals surface area contributed by atoms with Gasteiger partial charge in [0.05, 0.1) is 14.2 Å². The fraction of sp³-hybridized carbons (Fsp3) is 0.111. The van der Waals surface area contributed by atoms with Gasteiger partial charge in [0, 0.05) is 10.8 Å². The molecule has 0 saturated heterocycles. The van der Waals surface area contributed by atoms with Crippen LogP contribution < -0.4 is 9.47 Å². The molecule has 3 heteroatoms. The van der Waals surface area contributed by atoms with Gasteiger partial charge in [0.2, 0.25) is 0 Å². The monoisotopic (exact) mass is 294 g/mol. The Balaban J connectivity index is 2.30. The third-order valence-electron chi connectivity index (χ3n) is 3.98. The molecular weight excluding hydrogens is 280 g/mol. The number of methoxy groups -OCH3 is 2. The smallest absolute Gasteiger partial charge is 0.161 e. The zero-order valence-electron chi connectivity index (χ0n) is 11.8. The number of hydrogen-bond donors (Lipinski definition) is 0. The fourth-order valence-corrected chi connectivity index (χ4v) is 3.84.